The fourth-order valence-electron chi connectivity index (χ4n) is 3.86. The number of ether oxygens (including phenoxy) is 2. The summed E-state index contributed by atoms with van der Waals surface area (Å²) >= 11 is 0. The third-order valence-corrected chi connectivity index (χ3v) is 5.36. The number of methoxy groups -OCH3 is 2. The van der Waals surface area contributed by atoms with E-state index in [9.17, 15) is 0 Å². The highest BCUT2D eigenvalue weighted by Gasteiger charge is 2.29. The lowest BCUT2D eigenvalue weighted by atomic mass is 9.74. The molecule has 0 aliphatic carbocycles. The summed E-state index contributed by atoms with van der Waals surface area (Å²) in [6, 6.07) is 38.0. The van der Waals surface area contributed by atoms with Crippen molar-refractivity contribution in [3.8, 4) is 11.5 Å². The van der Waals surface area contributed by atoms with Crippen LogP contribution < -0.4 is 9.47 Å². The van der Waals surface area contributed by atoms with Crippen molar-refractivity contribution in [1.29, 1.82) is 0 Å². The Bertz CT molecular complexity index is 952. The molecule has 0 heterocycles. The summed E-state index contributed by atoms with van der Waals surface area (Å²) in [7, 11) is 3.39. The average Bonchev–Trinajstić information content (AvgIpc) is 2.84. The molecular formula is C28H25O2. The molecule has 30 heavy (non-hydrogen) atoms. The molecule has 0 bridgehead atoms. The average molecular weight is 394 g/mol. The second kappa shape index (κ2) is 9.32. The second-order valence-corrected chi connectivity index (χ2v) is 7.13. The van der Waals surface area contributed by atoms with E-state index >= 15 is 0 Å². The molecule has 0 fully saturated rings. The molecule has 0 spiro atoms. The lowest BCUT2D eigenvalue weighted by Gasteiger charge is -2.29. The largest absolute Gasteiger partial charge is 0.497 e. The molecule has 0 aliphatic heterocycles. The Hall–Kier alpha value is -3.52. The van der Waals surface area contributed by atoms with Gasteiger partial charge >= 0.3 is 0 Å². The zero-order valence-corrected chi connectivity index (χ0v) is 17.3. The van der Waals surface area contributed by atoms with Gasteiger partial charge in [0.1, 0.15) is 11.5 Å². The minimum Gasteiger partial charge on any atom is -0.497 e. The monoisotopic (exact) mass is 393 g/mol. The van der Waals surface area contributed by atoms with Gasteiger partial charge in [0.05, 0.1) is 14.2 Å². The van der Waals surface area contributed by atoms with Crippen molar-refractivity contribution < 1.29 is 9.47 Å². The first-order valence-corrected chi connectivity index (χ1v) is 10.1. The maximum Gasteiger partial charge on any atom is 0.118 e. The fourth-order valence-corrected chi connectivity index (χ4v) is 3.86. The standard InChI is InChI=1S/C28H25O2/c1-29-25-17-13-23(14-18-25)28(24-15-19-26(30-2)20-16-24)27(21-9-5-3-6-10-21)22-11-7-4-8-12-22/h3-20,27H,1-2H3. The van der Waals surface area contributed by atoms with Crippen LogP contribution in [0.1, 0.15) is 28.2 Å². The van der Waals surface area contributed by atoms with Gasteiger partial charge in [-0.3, -0.25) is 0 Å². The molecule has 0 aliphatic rings. The topological polar surface area (TPSA) is 18.5 Å². The summed E-state index contributed by atoms with van der Waals surface area (Å²) in [6.07, 6.45) is 0. The molecule has 149 valence electrons. The molecule has 0 saturated heterocycles. The Morgan fingerprint density at radius 3 is 1.20 bits per heavy atom. The minimum atomic E-state index is 0.0918. The molecule has 4 rings (SSSR count). The van der Waals surface area contributed by atoms with Crippen molar-refractivity contribution in [3.63, 3.8) is 0 Å². The minimum absolute atomic E-state index is 0.0918. The molecule has 4 aromatic rings. The maximum atomic E-state index is 5.39. The summed E-state index contributed by atoms with van der Waals surface area (Å²) in [4.78, 5) is 0. The Morgan fingerprint density at radius 2 is 0.867 bits per heavy atom. The van der Waals surface area contributed by atoms with Crippen LogP contribution in [0, 0.1) is 5.92 Å². The van der Waals surface area contributed by atoms with Crippen molar-refractivity contribution in [3.05, 3.63) is 137 Å². The van der Waals surface area contributed by atoms with Crippen molar-refractivity contribution in [1.82, 2.24) is 0 Å². The summed E-state index contributed by atoms with van der Waals surface area (Å²) in [6.45, 7) is 0. The van der Waals surface area contributed by atoms with E-state index < -0.39 is 0 Å². The van der Waals surface area contributed by atoms with Gasteiger partial charge in [-0.2, -0.15) is 0 Å². The second-order valence-electron chi connectivity index (χ2n) is 7.13. The highest BCUT2D eigenvalue weighted by Crippen LogP contribution is 2.42. The zero-order valence-electron chi connectivity index (χ0n) is 17.3. The van der Waals surface area contributed by atoms with Gasteiger partial charge in [0, 0.05) is 11.8 Å². The van der Waals surface area contributed by atoms with Crippen LogP contribution in [0.15, 0.2) is 109 Å². The summed E-state index contributed by atoms with van der Waals surface area (Å²) in [5, 5.41) is 0. The maximum absolute atomic E-state index is 5.39. The normalized spacial score (nSPS) is 10.9. The first-order valence-electron chi connectivity index (χ1n) is 10.1. The van der Waals surface area contributed by atoms with Crippen LogP contribution in [-0.2, 0) is 0 Å². The van der Waals surface area contributed by atoms with Crippen molar-refractivity contribution >= 4 is 0 Å². The quantitative estimate of drug-likeness (QED) is 0.356. The first kappa shape index (κ1) is 19.8. The third-order valence-electron chi connectivity index (χ3n) is 5.36. The van der Waals surface area contributed by atoms with E-state index in [0.717, 1.165) is 11.5 Å². The highest BCUT2D eigenvalue weighted by atomic mass is 16.5. The van der Waals surface area contributed by atoms with Gasteiger partial charge in [-0.05, 0) is 46.5 Å². The van der Waals surface area contributed by atoms with E-state index in [4.69, 9.17) is 9.47 Å². The molecular weight excluding hydrogens is 368 g/mol. The van der Waals surface area contributed by atoms with Crippen LogP contribution in [-0.4, -0.2) is 14.2 Å². The third kappa shape index (κ3) is 4.23. The molecule has 0 saturated carbocycles. The van der Waals surface area contributed by atoms with Gasteiger partial charge in [-0.25, -0.2) is 0 Å². The Labute approximate surface area is 178 Å². The molecule has 0 amide bonds. The van der Waals surface area contributed by atoms with Gasteiger partial charge < -0.3 is 9.47 Å². The summed E-state index contributed by atoms with van der Waals surface area (Å²) in [5.74, 6) is 3.04. The summed E-state index contributed by atoms with van der Waals surface area (Å²) in [5.41, 5.74) is 4.84. The number of hydrogen-bond donors (Lipinski definition) is 0. The highest BCUT2D eigenvalue weighted by molar-refractivity contribution is 5.57. The molecule has 0 atom stereocenters. The van der Waals surface area contributed by atoms with Crippen molar-refractivity contribution in [2.24, 2.45) is 0 Å². The van der Waals surface area contributed by atoms with E-state index in [-0.39, 0.29) is 5.92 Å². The van der Waals surface area contributed by atoms with Crippen LogP contribution in [0.5, 0.6) is 11.5 Å². The van der Waals surface area contributed by atoms with E-state index in [1.165, 1.54) is 28.2 Å². The lowest BCUT2D eigenvalue weighted by Crippen LogP contribution is -2.15. The lowest BCUT2D eigenvalue weighted by molar-refractivity contribution is 0.414. The Morgan fingerprint density at radius 1 is 0.500 bits per heavy atom. The molecule has 2 nitrogen and oxygen atoms in total. The molecule has 1 radical (unpaired) electrons. The van der Waals surface area contributed by atoms with E-state index in [1.807, 2.05) is 24.3 Å². The van der Waals surface area contributed by atoms with Crippen LogP contribution in [0.3, 0.4) is 0 Å². The van der Waals surface area contributed by atoms with Crippen LogP contribution in [0.25, 0.3) is 0 Å². The van der Waals surface area contributed by atoms with Crippen LogP contribution in [0.4, 0.5) is 0 Å². The van der Waals surface area contributed by atoms with Gasteiger partial charge in [0.25, 0.3) is 0 Å². The first-order chi connectivity index (χ1) is 14.8. The van der Waals surface area contributed by atoms with Crippen LogP contribution in [0.2, 0.25) is 0 Å². The van der Waals surface area contributed by atoms with Crippen molar-refractivity contribution in [2.75, 3.05) is 14.2 Å². The Kier molecular flexibility index (Phi) is 6.14. The molecule has 0 N–H and O–H groups in total. The van der Waals surface area contributed by atoms with Gasteiger partial charge in [-0.15, -0.1) is 0 Å². The summed E-state index contributed by atoms with van der Waals surface area (Å²) < 4.78 is 10.8. The molecule has 2 heteroatoms. The molecule has 4 aromatic carbocycles. The fraction of sp³-hybridized carbons (Fsp3) is 0.107. The smallest absolute Gasteiger partial charge is 0.118 e. The van der Waals surface area contributed by atoms with E-state index in [0.29, 0.717) is 0 Å². The number of rotatable bonds is 7. The van der Waals surface area contributed by atoms with Crippen LogP contribution >= 0.6 is 0 Å². The Balaban J connectivity index is 1.90. The molecule has 0 unspecified atom stereocenters. The number of benzene rings is 4. The molecule has 0 aromatic heterocycles. The predicted molar refractivity (Wildman–Crippen MR) is 122 cm³/mol. The SMILES string of the molecule is COc1ccc([C](c2ccc(OC)cc2)C(c2ccccc2)c2ccccc2)cc1. The van der Waals surface area contributed by atoms with Gasteiger partial charge in [-0.1, -0.05) is 84.9 Å². The number of hydrogen-bond acceptors (Lipinski definition) is 2. The van der Waals surface area contributed by atoms with E-state index in [1.54, 1.807) is 14.2 Å². The van der Waals surface area contributed by atoms with Gasteiger partial charge in [0.2, 0.25) is 0 Å². The predicted octanol–water partition coefficient (Wildman–Crippen LogP) is 6.51. The van der Waals surface area contributed by atoms with Crippen molar-refractivity contribution in [2.45, 2.75) is 5.92 Å². The van der Waals surface area contributed by atoms with Gasteiger partial charge in [0.15, 0.2) is 0 Å². The van der Waals surface area contributed by atoms with E-state index in [2.05, 4.69) is 84.9 Å². The zero-order chi connectivity index (χ0) is 20.8.